The Morgan fingerprint density at radius 1 is 1.65 bits per heavy atom. The Bertz CT molecular complexity index is 311. The molecule has 1 aliphatic carbocycles. The van der Waals surface area contributed by atoms with Crippen LogP contribution < -0.4 is 0 Å². The maximum Gasteiger partial charge on any atom is 0.136 e. The molecule has 0 aromatic rings. The number of nitrogens with zero attached hydrogens (tertiary/aromatic N) is 2. The van der Waals surface area contributed by atoms with E-state index in [4.69, 9.17) is 10.00 Å². The molecule has 0 aromatic carbocycles. The molecule has 0 amide bonds. The van der Waals surface area contributed by atoms with Gasteiger partial charge in [-0.15, -0.1) is 0 Å². The largest absolute Gasteiger partial charge is 0.496 e. The van der Waals surface area contributed by atoms with Gasteiger partial charge in [-0.1, -0.05) is 13.0 Å². The number of rotatable bonds is 5. The molecule has 1 saturated carbocycles. The van der Waals surface area contributed by atoms with Gasteiger partial charge in [-0.05, 0) is 33.2 Å². The first-order valence-electron chi connectivity index (χ1n) is 6.18. The number of aliphatic hydroxyl groups is 1. The van der Waals surface area contributed by atoms with E-state index in [1.54, 1.807) is 0 Å². The summed E-state index contributed by atoms with van der Waals surface area (Å²) in [4.78, 5) is 1.89. The van der Waals surface area contributed by atoms with Crippen molar-refractivity contribution in [3.8, 4) is 6.07 Å². The minimum Gasteiger partial charge on any atom is -0.496 e. The summed E-state index contributed by atoms with van der Waals surface area (Å²) < 4.78 is 5.39. The van der Waals surface area contributed by atoms with E-state index in [1.807, 2.05) is 18.9 Å². The highest BCUT2D eigenvalue weighted by atomic mass is 16.5. The van der Waals surface area contributed by atoms with Crippen LogP contribution in [0.4, 0.5) is 0 Å². The molecule has 0 bridgehead atoms. The summed E-state index contributed by atoms with van der Waals surface area (Å²) in [5.41, 5.74) is -1.01. The number of nitriles is 1. The molecule has 2 unspecified atom stereocenters. The first kappa shape index (κ1) is 14.0. The number of likely N-dealkylation sites (N-methyl/N-ethyl adjacent to an activating group) is 1. The molecule has 0 saturated heterocycles. The van der Waals surface area contributed by atoms with Crippen LogP contribution in [0, 0.1) is 11.3 Å². The molecule has 0 heterocycles. The van der Waals surface area contributed by atoms with E-state index >= 15 is 0 Å². The van der Waals surface area contributed by atoms with Gasteiger partial charge in [0.05, 0.1) is 19.2 Å². The summed E-state index contributed by atoms with van der Waals surface area (Å²) in [5, 5.41) is 19.5. The fourth-order valence-electron chi connectivity index (χ4n) is 2.57. The molecule has 0 aliphatic heterocycles. The van der Waals surface area contributed by atoms with Crippen molar-refractivity contribution in [2.24, 2.45) is 0 Å². The van der Waals surface area contributed by atoms with Crippen LogP contribution in [0.1, 0.15) is 32.6 Å². The zero-order valence-electron chi connectivity index (χ0n) is 10.8. The topological polar surface area (TPSA) is 56.5 Å². The molecule has 1 aliphatic rings. The van der Waals surface area contributed by atoms with Crippen LogP contribution in [0.25, 0.3) is 0 Å². The monoisotopic (exact) mass is 238 g/mol. The van der Waals surface area contributed by atoms with Crippen LogP contribution in [-0.2, 0) is 4.74 Å². The van der Waals surface area contributed by atoms with E-state index in [1.165, 1.54) is 0 Å². The zero-order chi connectivity index (χ0) is 12.9. The summed E-state index contributed by atoms with van der Waals surface area (Å²) in [6.45, 7) is 6.55. The predicted octanol–water partition coefficient (Wildman–Crippen LogP) is 1.67. The summed E-state index contributed by atoms with van der Waals surface area (Å²) in [5.74, 6) is 0.439. The second-order valence-electron chi connectivity index (χ2n) is 4.62. The van der Waals surface area contributed by atoms with Gasteiger partial charge in [0.1, 0.15) is 11.4 Å². The third-order valence-electron chi connectivity index (χ3n) is 3.49. The number of hydrogen-bond donors (Lipinski definition) is 1. The number of ether oxygens (including phenoxy) is 1. The normalized spacial score (nSPS) is 28.8. The Morgan fingerprint density at radius 3 is 2.94 bits per heavy atom. The second-order valence-corrected chi connectivity index (χ2v) is 4.62. The highest BCUT2D eigenvalue weighted by molar-refractivity contribution is 5.14. The van der Waals surface area contributed by atoms with E-state index in [-0.39, 0.29) is 6.04 Å². The minimum atomic E-state index is -1.01. The maximum absolute atomic E-state index is 10.8. The van der Waals surface area contributed by atoms with Gasteiger partial charge in [-0.3, -0.25) is 4.90 Å². The highest BCUT2D eigenvalue weighted by Gasteiger charge is 2.44. The maximum atomic E-state index is 10.8. The summed E-state index contributed by atoms with van der Waals surface area (Å²) >= 11 is 0. The smallest absolute Gasteiger partial charge is 0.136 e. The molecule has 4 nitrogen and oxygen atoms in total. The van der Waals surface area contributed by atoms with Gasteiger partial charge < -0.3 is 9.84 Å². The second kappa shape index (κ2) is 6.04. The highest BCUT2D eigenvalue weighted by Crippen LogP contribution is 2.36. The predicted molar refractivity (Wildman–Crippen MR) is 66.2 cm³/mol. The van der Waals surface area contributed by atoms with Gasteiger partial charge in [-0.2, -0.15) is 5.26 Å². The molecular weight excluding hydrogens is 216 g/mol. The molecule has 2 atom stereocenters. The average molecular weight is 238 g/mol. The van der Waals surface area contributed by atoms with E-state index in [0.29, 0.717) is 25.3 Å². The molecule has 96 valence electrons. The molecule has 1 N–H and O–H groups in total. The van der Waals surface area contributed by atoms with Crippen LogP contribution in [0.2, 0.25) is 0 Å². The van der Waals surface area contributed by atoms with Crippen molar-refractivity contribution >= 4 is 0 Å². The van der Waals surface area contributed by atoms with Crippen molar-refractivity contribution in [3.63, 3.8) is 0 Å². The Kier molecular flexibility index (Phi) is 4.98. The lowest BCUT2D eigenvalue weighted by molar-refractivity contribution is -0.0707. The first-order chi connectivity index (χ1) is 8.06. The van der Waals surface area contributed by atoms with Crippen LogP contribution in [-0.4, -0.2) is 41.8 Å². The molecule has 4 heteroatoms. The molecule has 0 spiro atoms. The Hall–Kier alpha value is -1.05. The van der Waals surface area contributed by atoms with Gasteiger partial charge in [0, 0.05) is 6.04 Å². The lowest BCUT2D eigenvalue weighted by atomic mass is 9.78. The fraction of sp³-hybridized carbons (Fsp3) is 0.769. The lowest BCUT2D eigenvalue weighted by Gasteiger charge is -2.44. The van der Waals surface area contributed by atoms with Crippen LogP contribution in [0.3, 0.4) is 0 Å². The fourth-order valence-corrected chi connectivity index (χ4v) is 2.57. The van der Waals surface area contributed by atoms with E-state index in [0.717, 1.165) is 19.3 Å². The van der Waals surface area contributed by atoms with Crippen molar-refractivity contribution in [2.45, 2.75) is 44.2 Å². The molecule has 0 radical (unpaired) electrons. The third kappa shape index (κ3) is 2.99. The van der Waals surface area contributed by atoms with Gasteiger partial charge >= 0.3 is 0 Å². The quantitative estimate of drug-likeness (QED) is 0.584. The molecule has 1 fully saturated rings. The van der Waals surface area contributed by atoms with Gasteiger partial charge in [0.25, 0.3) is 0 Å². The van der Waals surface area contributed by atoms with Gasteiger partial charge in [0.15, 0.2) is 0 Å². The Morgan fingerprint density at radius 2 is 2.35 bits per heavy atom. The summed E-state index contributed by atoms with van der Waals surface area (Å²) in [6.07, 6.45) is 3.58. The average Bonchev–Trinajstić information content (AvgIpc) is 2.30. The Balaban J connectivity index is 2.84. The summed E-state index contributed by atoms with van der Waals surface area (Å²) in [6, 6.07) is 2.04. The van der Waals surface area contributed by atoms with Crippen LogP contribution in [0.5, 0.6) is 0 Å². The SMILES string of the molecule is C=C(OCC)C1(O)CCCCC1N(C)CC#N. The lowest BCUT2D eigenvalue weighted by Crippen LogP contribution is -2.54. The van der Waals surface area contributed by atoms with Crippen molar-refractivity contribution in [3.05, 3.63) is 12.3 Å². The summed E-state index contributed by atoms with van der Waals surface area (Å²) in [7, 11) is 1.86. The molecule has 1 rings (SSSR count). The minimum absolute atomic E-state index is 0.0741. The van der Waals surface area contributed by atoms with Gasteiger partial charge in [-0.25, -0.2) is 0 Å². The van der Waals surface area contributed by atoms with Crippen LogP contribution >= 0.6 is 0 Å². The molecule has 0 aromatic heterocycles. The van der Waals surface area contributed by atoms with E-state index < -0.39 is 5.60 Å². The Labute approximate surface area is 103 Å². The van der Waals surface area contributed by atoms with Crippen molar-refractivity contribution < 1.29 is 9.84 Å². The van der Waals surface area contributed by atoms with Crippen molar-refractivity contribution in [1.82, 2.24) is 4.90 Å². The third-order valence-corrected chi connectivity index (χ3v) is 3.49. The standard InChI is InChI=1S/C13H22N2O2/c1-4-17-11(2)13(16)8-6-5-7-12(13)15(3)10-9-14/h12,16H,2,4-8,10H2,1,3H3. The first-order valence-corrected chi connectivity index (χ1v) is 6.18. The van der Waals surface area contributed by atoms with Crippen LogP contribution in [0.15, 0.2) is 12.3 Å². The van der Waals surface area contributed by atoms with Crippen molar-refractivity contribution in [1.29, 1.82) is 5.26 Å². The number of hydrogen-bond acceptors (Lipinski definition) is 4. The zero-order valence-corrected chi connectivity index (χ0v) is 10.8. The van der Waals surface area contributed by atoms with E-state index in [2.05, 4.69) is 12.6 Å². The molecule has 17 heavy (non-hydrogen) atoms. The van der Waals surface area contributed by atoms with Gasteiger partial charge in [0.2, 0.25) is 0 Å². The van der Waals surface area contributed by atoms with E-state index in [9.17, 15) is 5.11 Å². The molecular formula is C13H22N2O2. The van der Waals surface area contributed by atoms with Crippen molar-refractivity contribution in [2.75, 3.05) is 20.2 Å².